The van der Waals surface area contributed by atoms with Crippen LogP contribution in [0.1, 0.15) is 6.42 Å². The summed E-state index contributed by atoms with van der Waals surface area (Å²) in [4.78, 5) is 2.43. The molecule has 0 radical (unpaired) electrons. The van der Waals surface area contributed by atoms with Crippen molar-refractivity contribution in [2.45, 2.75) is 12.5 Å². The molecular weight excluding hydrogens is 460 g/mol. The molecule has 1 aliphatic rings. The number of hydrogen-bond acceptors (Lipinski definition) is 1. The van der Waals surface area contributed by atoms with E-state index in [1.54, 1.807) is 0 Å². The van der Waals surface area contributed by atoms with Gasteiger partial charge >= 0.3 is 0 Å². The highest BCUT2D eigenvalue weighted by Gasteiger charge is 2.19. The lowest BCUT2D eigenvalue weighted by Crippen LogP contribution is -2.29. The van der Waals surface area contributed by atoms with E-state index in [4.69, 9.17) is 0 Å². The molecule has 0 saturated heterocycles. The molecule has 2 nitrogen and oxygen atoms in total. The molecule has 0 aliphatic heterocycles. The minimum atomic E-state index is 0.304. The van der Waals surface area contributed by atoms with Crippen LogP contribution in [-0.2, 0) is 0 Å². The first-order valence-electron chi connectivity index (χ1n) is 13.2. The number of hydrogen-bond donors (Lipinski definition) is 0. The third-order valence-electron chi connectivity index (χ3n) is 7.51. The second kappa shape index (κ2) is 9.57. The van der Waals surface area contributed by atoms with Crippen LogP contribution in [-0.4, -0.2) is 10.6 Å². The van der Waals surface area contributed by atoms with Gasteiger partial charge in [-0.15, -0.1) is 0 Å². The van der Waals surface area contributed by atoms with Gasteiger partial charge in [-0.05, 0) is 66.1 Å². The summed E-state index contributed by atoms with van der Waals surface area (Å²) >= 11 is 0. The molecule has 5 aromatic carbocycles. The molecule has 182 valence electrons. The second-order valence-electron chi connectivity index (χ2n) is 9.79. The topological polar surface area (TPSA) is 8.17 Å². The van der Waals surface area contributed by atoms with Gasteiger partial charge in [0.25, 0.3) is 0 Å². The molecule has 1 atom stereocenters. The van der Waals surface area contributed by atoms with Crippen molar-refractivity contribution >= 4 is 33.2 Å². The molecule has 2 heteroatoms. The number of fused-ring (bicyclic) bond motifs is 3. The van der Waals surface area contributed by atoms with Crippen LogP contribution in [0.25, 0.3) is 38.6 Å². The Labute approximate surface area is 223 Å². The van der Waals surface area contributed by atoms with Crippen LogP contribution < -0.4 is 4.90 Å². The van der Waals surface area contributed by atoms with Gasteiger partial charge in [-0.2, -0.15) is 0 Å². The Morgan fingerprint density at radius 3 is 1.68 bits per heavy atom. The van der Waals surface area contributed by atoms with E-state index in [-0.39, 0.29) is 0 Å². The highest BCUT2D eigenvalue weighted by molar-refractivity contribution is 6.09. The fourth-order valence-corrected chi connectivity index (χ4v) is 5.70. The summed E-state index contributed by atoms with van der Waals surface area (Å²) < 4.78 is 2.36. The summed E-state index contributed by atoms with van der Waals surface area (Å²) in [7, 11) is 0. The van der Waals surface area contributed by atoms with Crippen LogP contribution in [0.5, 0.6) is 0 Å². The van der Waals surface area contributed by atoms with E-state index in [1.807, 2.05) is 0 Å². The van der Waals surface area contributed by atoms with Gasteiger partial charge in [-0.25, -0.2) is 0 Å². The molecule has 38 heavy (non-hydrogen) atoms. The van der Waals surface area contributed by atoms with Crippen molar-refractivity contribution in [2.75, 3.05) is 4.90 Å². The minimum Gasteiger partial charge on any atom is -0.334 e. The molecule has 0 spiro atoms. The molecule has 0 bridgehead atoms. The number of aromatic nitrogens is 1. The smallest absolute Gasteiger partial charge is 0.0559 e. The lowest BCUT2D eigenvalue weighted by molar-refractivity contribution is 0.785. The number of rotatable bonds is 5. The van der Waals surface area contributed by atoms with Gasteiger partial charge in [0.2, 0.25) is 0 Å². The minimum absolute atomic E-state index is 0.304. The Bertz CT molecular complexity index is 1720. The van der Waals surface area contributed by atoms with E-state index < -0.39 is 0 Å². The number of benzene rings is 5. The second-order valence-corrected chi connectivity index (χ2v) is 9.79. The first-order chi connectivity index (χ1) is 18.9. The van der Waals surface area contributed by atoms with Gasteiger partial charge in [0.1, 0.15) is 0 Å². The summed E-state index contributed by atoms with van der Waals surface area (Å²) in [5, 5.41) is 2.57. The highest BCUT2D eigenvalue weighted by Crippen LogP contribution is 2.34. The van der Waals surface area contributed by atoms with Crippen LogP contribution in [0, 0.1) is 0 Å². The maximum Gasteiger partial charge on any atom is 0.0559 e. The highest BCUT2D eigenvalue weighted by atomic mass is 15.2. The third kappa shape index (κ3) is 3.91. The van der Waals surface area contributed by atoms with Crippen LogP contribution in [0.3, 0.4) is 0 Å². The summed E-state index contributed by atoms with van der Waals surface area (Å²) in [5.41, 5.74) is 8.49. The van der Waals surface area contributed by atoms with Gasteiger partial charge in [-0.3, -0.25) is 0 Å². The quantitative estimate of drug-likeness (QED) is 0.235. The van der Waals surface area contributed by atoms with E-state index >= 15 is 0 Å². The van der Waals surface area contributed by atoms with E-state index in [9.17, 15) is 0 Å². The van der Waals surface area contributed by atoms with Crippen LogP contribution in [0.4, 0.5) is 11.4 Å². The van der Waals surface area contributed by atoms with E-state index in [0.29, 0.717) is 6.04 Å². The molecule has 7 rings (SSSR count). The zero-order valence-electron chi connectivity index (χ0n) is 21.1. The molecule has 0 fully saturated rings. The molecule has 1 heterocycles. The summed E-state index contributed by atoms with van der Waals surface area (Å²) in [6, 6.07) is 46.2. The monoisotopic (exact) mass is 488 g/mol. The van der Waals surface area contributed by atoms with Crippen molar-refractivity contribution in [1.29, 1.82) is 0 Å². The molecule has 6 aromatic rings. The Balaban J connectivity index is 1.22. The molecule has 0 amide bonds. The normalized spacial score (nSPS) is 14.8. The van der Waals surface area contributed by atoms with Crippen molar-refractivity contribution in [3.8, 4) is 16.8 Å². The van der Waals surface area contributed by atoms with Crippen molar-refractivity contribution in [3.63, 3.8) is 0 Å². The van der Waals surface area contributed by atoms with Crippen LogP contribution in [0.2, 0.25) is 0 Å². The van der Waals surface area contributed by atoms with Gasteiger partial charge in [0.15, 0.2) is 0 Å². The Morgan fingerprint density at radius 2 is 1.08 bits per heavy atom. The van der Waals surface area contributed by atoms with E-state index in [2.05, 4.69) is 161 Å². The summed E-state index contributed by atoms with van der Waals surface area (Å²) in [5.74, 6) is 0. The van der Waals surface area contributed by atoms with Crippen LogP contribution in [0.15, 0.2) is 152 Å². The number of allylic oxidation sites excluding steroid dienone is 2. The maximum atomic E-state index is 2.43. The predicted octanol–water partition coefficient (Wildman–Crippen LogP) is 9.47. The Morgan fingerprint density at radius 1 is 0.526 bits per heavy atom. The lowest BCUT2D eigenvalue weighted by Gasteiger charge is -2.32. The average Bonchev–Trinajstić information content (AvgIpc) is 3.33. The molecule has 0 saturated carbocycles. The molecule has 1 aromatic heterocycles. The van der Waals surface area contributed by atoms with Crippen molar-refractivity contribution in [1.82, 2.24) is 4.57 Å². The predicted molar refractivity (Wildman–Crippen MR) is 161 cm³/mol. The van der Waals surface area contributed by atoms with Gasteiger partial charge < -0.3 is 9.47 Å². The first-order valence-corrected chi connectivity index (χ1v) is 13.2. The number of nitrogens with zero attached hydrogens (tertiary/aromatic N) is 2. The standard InChI is InChI=1S/C36H28N2/c1-3-11-29(12-4-1)37(30-13-5-2-6-14-30)31-23-19-27(20-24-31)28-21-25-32(26-22-28)38-35-17-9-7-15-33(35)34-16-8-10-18-36(34)38/h1-13,15-26,30H,14H2. The number of para-hydroxylation sites is 3. The molecule has 1 aliphatic carbocycles. The number of anilines is 2. The van der Waals surface area contributed by atoms with Crippen molar-refractivity contribution < 1.29 is 0 Å². The first kappa shape index (κ1) is 22.4. The van der Waals surface area contributed by atoms with E-state index in [1.165, 1.54) is 50.0 Å². The van der Waals surface area contributed by atoms with E-state index in [0.717, 1.165) is 6.42 Å². The Hall–Kier alpha value is -4.82. The zero-order chi connectivity index (χ0) is 25.3. The SMILES string of the molecule is C1=CCC(N(c2ccccc2)c2ccc(-c3ccc(-n4c5ccccc5c5ccccc54)cc3)cc2)C=C1. The molecule has 0 N–H and O–H groups in total. The zero-order valence-corrected chi connectivity index (χ0v) is 21.1. The molecular formula is C36H28N2. The Kier molecular flexibility index (Phi) is 5.64. The molecule has 1 unspecified atom stereocenters. The van der Waals surface area contributed by atoms with Crippen molar-refractivity contribution in [3.05, 3.63) is 152 Å². The average molecular weight is 489 g/mol. The third-order valence-corrected chi connectivity index (χ3v) is 7.51. The fourth-order valence-electron chi connectivity index (χ4n) is 5.70. The van der Waals surface area contributed by atoms with Gasteiger partial charge in [-0.1, -0.05) is 103 Å². The summed E-state index contributed by atoms with van der Waals surface area (Å²) in [6.07, 6.45) is 9.81. The maximum absolute atomic E-state index is 2.43. The fraction of sp³-hybridized carbons (Fsp3) is 0.0556. The lowest BCUT2D eigenvalue weighted by atomic mass is 10.0. The van der Waals surface area contributed by atoms with Gasteiger partial charge in [0, 0.05) is 27.8 Å². The summed E-state index contributed by atoms with van der Waals surface area (Å²) in [6.45, 7) is 0. The largest absolute Gasteiger partial charge is 0.334 e. The van der Waals surface area contributed by atoms with Crippen LogP contribution >= 0.6 is 0 Å². The van der Waals surface area contributed by atoms with Crippen molar-refractivity contribution in [2.24, 2.45) is 0 Å². The van der Waals surface area contributed by atoms with Gasteiger partial charge in [0.05, 0.1) is 17.1 Å².